The summed E-state index contributed by atoms with van der Waals surface area (Å²) in [5, 5.41) is 10.6. The van der Waals surface area contributed by atoms with Crippen molar-refractivity contribution in [2.75, 3.05) is 11.9 Å². The third-order valence-electron chi connectivity index (χ3n) is 4.07. The SMILES string of the molecule is Cc1nn(CC(=O)Nc2ccc3c(c2F)CCNC3)c(C)c1Cl.Cl. The highest BCUT2D eigenvalue weighted by Crippen LogP contribution is 2.25. The van der Waals surface area contributed by atoms with E-state index in [1.807, 2.05) is 6.07 Å². The predicted molar refractivity (Wildman–Crippen MR) is 94.4 cm³/mol. The second-order valence-electron chi connectivity index (χ2n) is 5.68. The van der Waals surface area contributed by atoms with Crippen LogP contribution in [0.3, 0.4) is 0 Å². The molecule has 1 amide bonds. The number of aryl methyl sites for hydroxylation is 1. The van der Waals surface area contributed by atoms with Crippen molar-refractivity contribution in [1.29, 1.82) is 0 Å². The number of carbonyl (C=O) groups excluding carboxylic acids is 1. The Kier molecular flexibility index (Phi) is 5.85. The Morgan fingerprint density at radius 2 is 2.21 bits per heavy atom. The molecule has 0 aliphatic carbocycles. The molecule has 0 radical (unpaired) electrons. The van der Waals surface area contributed by atoms with Gasteiger partial charge in [-0.25, -0.2) is 4.39 Å². The van der Waals surface area contributed by atoms with Gasteiger partial charge in [-0.3, -0.25) is 9.48 Å². The number of hydrogen-bond donors (Lipinski definition) is 2. The van der Waals surface area contributed by atoms with Crippen LogP contribution in [0.5, 0.6) is 0 Å². The number of nitrogens with zero attached hydrogens (tertiary/aromatic N) is 2. The molecule has 0 bridgehead atoms. The van der Waals surface area contributed by atoms with Crippen molar-refractivity contribution in [3.63, 3.8) is 0 Å². The number of carbonyl (C=O) groups is 1. The third kappa shape index (κ3) is 3.55. The van der Waals surface area contributed by atoms with E-state index in [0.717, 1.165) is 17.8 Å². The number of benzene rings is 1. The predicted octanol–water partition coefficient (Wildman–Crippen LogP) is 3.00. The second-order valence-corrected chi connectivity index (χ2v) is 6.06. The lowest BCUT2D eigenvalue weighted by Crippen LogP contribution is -2.26. The number of nitrogens with one attached hydrogen (secondary N) is 2. The molecule has 1 aliphatic rings. The Labute approximate surface area is 151 Å². The van der Waals surface area contributed by atoms with Crippen molar-refractivity contribution in [2.24, 2.45) is 0 Å². The van der Waals surface area contributed by atoms with E-state index >= 15 is 0 Å². The number of amides is 1. The first-order chi connectivity index (χ1) is 11.0. The maximum absolute atomic E-state index is 14.5. The highest BCUT2D eigenvalue weighted by Gasteiger charge is 2.18. The number of aromatic nitrogens is 2. The molecule has 0 saturated carbocycles. The zero-order valence-electron chi connectivity index (χ0n) is 13.4. The summed E-state index contributed by atoms with van der Waals surface area (Å²) in [6, 6.07) is 3.45. The summed E-state index contributed by atoms with van der Waals surface area (Å²) in [7, 11) is 0. The van der Waals surface area contributed by atoms with Crippen LogP contribution in [0.4, 0.5) is 10.1 Å². The van der Waals surface area contributed by atoms with Gasteiger partial charge in [0.2, 0.25) is 5.91 Å². The van der Waals surface area contributed by atoms with Crippen LogP contribution in [0.1, 0.15) is 22.5 Å². The Bertz CT molecular complexity index is 776. The summed E-state index contributed by atoms with van der Waals surface area (Å²) >= 11 is 6.07. The van der Waals surface area contributed by atoms with Gasteiger partial charge in [0.1, 0.15) is 12.4 Å². The minimum atomic E-state index is -0.344. The molecule has 0 unspecified atom stereocenters. The normalized spacial score (nSPS) is 13.2. The molecule has 0 atom stereocenters. The van der Waals surface area contributed by atoms with Crippen LogP contribution in [0.25, 0.3) is 0 Å². The smallest absolute Gasteiger partial charge is 0.246 e. The summed E-state index contributed by atoms with van der Waals surface area (Å²) in [4.78, 5) is 12.2. The van der Waals surface area contributed by atoms with E-state index in [1.54, 1.807) is 19.9 Å². The van der Waals surface area contributed by atoms with Gasteiger partial charge in [0.25, 0.3) is 0 Å². The van der Waals surface area contributed by atoms with Gasteiger partial charge in [-0.1, -0.05) is 17.7 Å². The first kappa shape index (κ1) is 18.7. The third-order valence-corrected chi connectivity index (χ3v) is 4.62. The van der Waals surface area contributed by atoms with E-state index in [0.29, 0.717) is 29.2 Å². The Hall–Kier alpha value is -1.63. The van der Waals surface area contributed by atoms with Crippen molar-refractivity contribution < 1.29 is 9.18 Å². The molecule has 1 aromatic heterocycles. The molecule has 1 aliphatic heterocycles. The molecule has 8 heteroatoms. The summed E-state index contributed by atoms with van der Waals surface area (Å²) in [6.45, 7) is 4.97. The van der Waals surface area contributed by atoms with Crippen molar-refractivity contribution in [3.05, 3.63) is 45.5 Å². The quantitative estimate of drug-likeness (QED) is 0.870. The molecular weight excluding hydrogens is 354 g/mol. The number of anilines is 1. The van der Waals surface area contributed by atoms with E-state index in [1.165, 1.54) is 4.68 Å². The minimum Gasteiger partial charge on any atom is -0.322 e. The monoisotopic (exact) mass is 372 g/mol. The summed E-state index contributed by atoms with van der Waals surface area (Å²) < 4.78 is 16.0. The number of halogens is 3. The average molecular weight is 373 g/mol. The first-order valence-electron chi connectivity index (χ1n) is 7.47. The lowest BCUT2D eigenvalue weighted by molar-refractivity contribution is -0.117. The molecule has 1 aromatic carbocycles. The van der Waals surface area contributed by atoms with Crippen LogP contribution in [0.2, 0.25) is 5.02 Å². The largest absolute Gasteiger partial charge is 0.322 e. The molecule has 2 heterocycles. The van der Waals surface area contributed by atoms with E-state index in [2.05, 4.69) is 15.7 Å². The van der Waals surface area contributed by atoms with Crippen LogP contribution in [0.15, 0.2) is 12.1 Å². The lowest BCUT2D eigenvalue weighted by Gasteiger charge is -2.19. The van der Waals surface area contributed by atoms with E-state index < -0.39 is 0 Å². The van der Waals surface area contributed by atoms with Crippen LogP contribution in [0, 0.1) is 19.7 Å². The first-order valence-corrected chi connectivity index (χ1v) is 7.85. The molecule has 2 aromatic rings. The molecule has 0 fully saturated rings. The van der Waals surface area contributed by atoms with Crippen molar-refractivity contribution in [2.45, 2.75) is 33.4 Å². The van der Waals surface area contributed by atoms with Crippen LogP contribution >= 0.6 is 24.0 Å². The van der Waals surface area contributed by atoms with E-state index in [4.69, 9.17) is 11.6 Å². The van der Waals surface area contributed by atoms with Gasteiger partial charge >= 0.3 is 0 Å². The zero-order chi connectivity index (χ0) is 16.6. The van der Waals surface area contributed by atoms with Crippen LogP contribution in [-0.4, -0.2) is 22.2 Å². The molecule has 5 nitrogen and oxygen atoms in total. The highest BCUT2D eigenvalue weighted by atomic mass is 35.5. The van der Waals surface area contributed by atoms with Gasteiger partial charge in [0.15, 0.2) is 0 Å². The fourth-order valence-corrected chi connectivity index (χ4v) is 2.92. The van der Waals surface area contributed by atoms with Gasteiger partial charge in [0, 0.05) is 6.54 Å². The Morgan fingerprint density at radius 1 is 1.46 bits per heavy atom. The molecule has 24 heavy (non-hydrogen) atoms. The molecule has 0 saturated heterocycles. The average Bonchev–Trinajstić information content (AvgIpc) is 2.77. The topological polar surface area (TPSA) is 59.0 Å². The van der Waals surface area contributed by atoms with Gasteiger partial charge in [-0.05, 0) is 44.0 Å². The van der Waals surface area contributed by atoms with Crippen molar-refractivity contribution in [1.82, 2.24) is 15.1 Å². The number of hydrogen-bond acceptors (Lipinski definition) is 3. The van der Waals surface area contributed by atoms with Crippen LogP contribution in [-0.2, 0) is 24.3 Å². The Balaban J connectivity index is 0.00000208. The summed E-state index contributed by atoms with van der Waals surface area (Å²) in [5.41, 5.74) is 3.22. The van der Waals surface area contributed by atoms with Gasteiger partial charge in [-0.2, -0.15) is 5.10 Å². The summed E-state index contributed by atoms with van der Waals surface area (Å²) in [6.07, 6.45) is 0.623. The number of rotatable bonds is 3. The minimum absolute atomic E-state index is 0. The lowest BCUT2D eigenvalue weighted by atomic mass is 9.99. The maximum atomic E-state index is 14.5. The maximum Gasteiger partial charge on any atom is 0.246 e. The van der Waals surface area contributed by atoms with Gasteiger partial charge in [0.05, 0.1) is 22.1 Å². The summed E-state index contributed by atoms with van der Waals surface area (Å²) in [5.74, 6) is -0.677. The molecule has 3 rings (SSSR count). The Morgan fingerprint density at radius 3 is 2.88 bits per heavy atom. The van der Waals surface area contributed by atoms with E-state index in [9.17, 15) is 9.18 Å². The van der Waals surface area contributed by atoms with Crippen molar-refractivity contribution >= 4 is 35.6 Å². The fourth-order valence-electron chi connectivity index (χ4n) is 2.78. The van der Waals surface area contributed by atoms with E-state index in [-0.39, 0.29) is 36.4 Å². The van der Waals surface area contributed by atoms with Gasteiger partial charge in [-0.15, -0.1) is 12.4 Å². The fraction of sp³-hybridized carbons (Fsp3) is 0.375. The molecule has 0 spiro atoms. The van der Waals surface area contributed by atoms with Gasteiger partial charge < -0.3 is 10.6 Å². The second kappa shape index (κ2) is 7.51. The standard InChI is InChI=1S/C16H18ClFN4O.ClH/c1-9-15(17)10(2)22(21-9)8-14(23)20-13-4-3-11-7-19-6-5-12(11)16(13)18;/h3-4,19H,5-8H2,1-2H3,(H,20,23);1H. The van der Waals surface area contributed by atoms with Crippen LogP contribution < -0.4 is 10.6 Å². The molecule has 2 N–H and O–H groups in total. The highest BCUT2D eigenvalue weighted by molar-refractivity contribution is 6.31. The number of fused-ring (bicyclic) bond motifs is 1. The molecule has 130 valence electrons. The van der Waals surface area contributed by atoms with Crippen molar-refractivity contribution in [3.8, 4) is 0 Å². The molecular formula is C16H19Cl2FN4O. The zero-order valence-corrected chi connectivity index (χ0v) is 15.0.